The van der Waals surface area contributed by atoms with Crippen molar-refractivity contribution in [1.29, 1.82) is 0 Å². The minimum absolute atomic E-state index is 0.210. The van der Waals surface area contributed by atoms with Crippen LogP contribution in [-0.2, 0) is 16.0 Å². The molecular weight excluding hydrogens is 204 g/mol. The zero-order valence-electron chi connectivity index (χ0n) is 9.45. The molecule has 0 saturated heterocycles. The number of benzene rings is 1. The molecule has 0 bridgehead atoms. The smallest absolute Gasteiger partial charge is 0.303 e. The molecule has 0 fully saturated rings. The van der Waals surface area contributed by atoms with Crippen molar-refractivity contribution in [2.24, 2.45) is 0 Å². The lowest BCUT2D eigenvalue weighted by Gasteiger charge is -2.13. The molecule has 1 aliphatic rings. The van der Waals surface area contributed by atoms with Crippen LogP contribution in [-0.4, -0.2) is 11.8 Å². The Labute approximate surface area is 94.4 Å². The van der Waals surface area contributed by atoms with Crippen molar-refractivity contribution in [2.75, 3.05) is 0 Å². The van der Waals surface area contributed by atoms with Crippen LogP contribution in [0.1, 0.15) is 47.9 Å². The van der Waals surface area contributed by atoms with Gasteiger partial charge in [0, 0.05) is 18.9 Å². The van der Waals surface area contributed by atoms with Gasteiger partial charge in [0.15, 0.2) is 5.78 Å². The van der Waals surface area contributed by atoms with E-state index in [1.165, 1.54) is 6.92 Å². The van der Waals surface area contributed by atoms with Gasteiger partial charge in [0.25, 0.3) is 0 Å². The number of Topliss-reactive ketones (excluding diaryl/α,β-unsaturated/α-hetero) is 1. The van der Waals surface area contributed by atoms with Gasteiger partial charge < -0.3 is 4.74 Å². The first-order valence-corrected chi connectivity index (χ1v) is 5.41. The summed E-state index contributed by atoms with van der Waals surface area (Å²) in [5.41, 5.74) is 2.84. The Hall–Kier alpha value is -1.64. The second-order valence-electron chi connectivity index (χ2n) is 4.09. The van der Waals surface area contributed by atoms with E-state index in [0.717, 1.165) is 23.1 Å². The Morgan fingerprint density at radius 2 is 2.12 bits per heavy atom. The summed E-state index contributed by atoms with van der Waals surface area (Å²) in [5, 5.41) is 0. The van der Waals surface area contributed by atoms with Gasteiger partial charge in [0.1, 0.15) is 6.10 Å². The topological polar surface area (TPSA) is 43.4 Å². The number of hydrogen-bond donors (Lipinski definition) is 0. The Bertz CT molecular complexity index is 448. The van der Waals surface area contributed by atoms with Crippen molar-refractivity contribution in [3.8, 4) is 0 Å². The maximum atomic E-state index is 11.4. The molecule has 0 heterocycles. The third kappa shape index (κ3) is 1.98. The fraction of sp³-hybridized carbons (Fsp3) is 0.385. The van der Waals surface area contributed by atoms with Crippen LogP contribution in [0.2, 0.25) is 0 Å². The van der Waals surface area contributed by atoms with Gasteiger partial charge in [-0.25, -0.2) is 0 Å². The van der Waals surface area contributed by atoms with Gasteiger partial charge >= 0.3 is 5.97 Å². The molecule has 84 valence electrons. The lowest BCUT2D eigenvalue weighted by atomic mass is 10.0. The molecule has 0 N–H and O–H groups in total. The van der Waals surface area contributed by atoms with Gasteiger partial charge in [-0.15, -0.1) is 0 Å². The molecule has 1 atom stereocenters. The highest BCUT2D eigenvalue weighted by molar-refractivity contribution is 6.00. The van der Waals surface area contributed by atoms with E-state index in [2.05, 4.69) is 0 Å². The van der Waals surface area contributed by atoms with E-state index in [0.29, 0.717) is 6.42 Å². The first-order valence-electron chi connectivity index (χ1n) is 5.41. The van der Waals surface area contributed by atoms with Crippen molar-refractivity contribution in [1.82, 2.24) is 0 Å². The number of ether oxygens (including phenoxy) is 1. The third-order valence-electron chi connectivity index (χ3n) is 2.86. The minimum Gasteiger partial charge on any atom is -0.458 e. The molecule has 0 aromatic heterocycles. The van der Waals surface area contributed by atoms with Crippen LogP contribution >= 0.6 is 0 Å². The van der Waals surface area contributed by atoms with Crippen molar-refractivity contribution in [3.05, 3.63) is 34.9 Å². The number of ketones is 1. The fourth-order valence-corrected chi connectivity index (χ4v) is 2.05. The van der Waals surface area contributed by atoms with E-state index in [9.17, 15) is 9.59 Å². The van der Waals surface area contributed by atoms with Crippen molar-refractivity contribution in [3.63, 3.8) is 0 Å². The summed E-state index contributed by atoms with van der Waals surface area (Å²) in [4.78, 5) is 22.3. The maximum absolute atomic E-state index is 11.4. The number of fused-ring (bicyclic) bond motifs is 1. The summed E-state index contributed by atoms with van der Waals surface area (Å²) >= 11 is 0. The zero-order chi connectivity index (χ0) is 11.7. The van der Waals surface area contributed by atoms with Crippen LogP contribution in [0.5, 0.6) is 0 Å². The number of aryl methyl sites for hydroxylation is 1. The van der Waals surface area contributed by atoms with Gasteiger partial charge in [-0.05, 0) is 24.5 Å². The highest BCUT2D eigenvalue weighted by atomic mass is 16.5. The first kappa shape index (κ1) is 10.9. The first-order chi connectivity index (χ1) is 7.58. The van der Waals surface area contributed by atoms with E-state index in [1.54, 1.807) is 0 Å². The largest absolute Gasteiger partial charge is 0.458 e. The Kier molecular flexibility index (Phi) is 2.77. The van der Waals surface area contributed by atoms with Gasteiger partial charge in [-0.2, -0.15) is 0 Å². The molecule has 0 amide bonds. The molecule has 1 aliphatic carbocycles. The molecular formula is C13H14O3. The highest BCUT2D eigenvalue weighted by Gasteiger charge is 2.20. The minimum atomic E-state index is -0.288. The zero-order valence-corrected chi connectivity index (χ0v) is 9.45. The van der Waals surface area contributed by atoms with Crippen LogP contribution in [0.15, 0.2) is 18.2 Å². The molecule has 1 aromatic carbocycles. The maximum Gasteiger partial charge on any atom is 0.303 e. The quantitative estimate of drug-likeness (QED) is 0.716. The monoisotopic (exact) mass is 218 g/mol. The predicted octanol–water partition coefficient (Wildman–Crippen LogP) is 2.44. The van der Waals surface area contributed by atoms with Crippen LogP contribution < -0.4 is 0 Å². The summed E-state index contributed by atoms with van der Waals surface area (Å²) in [6.45, 7) is 3.23. The fourth-order valence-electron chi connectivity index (χ4n) is 2.05. The molecule has 2 rings (SSSR count). The molecule has 1 aromatic rings. The van der Waals surface area contributed by atoms with Gasteiger partial charge in [-0.1, -0.05) is 18.2 Å². The van der Waals surface area contributed by atoms with E-state index in [-0.39, 0.29) is 17.9 Å². The van der Waals surface area contributed by atoms with Crippen molar-refractivity contribution >= 4 is 11.8 Å². The van der Waals surface area contributed by atoms with Crippen LogP contribution in [0.25, 0.3) is 0 Å². The summed E-state index contributed by atoms with van der Waals surface area (Å²) in [7, 11) is 0. The van der Waals surface area contributed by atoms with Crippen molar-refractivity contribution < 1.29 is 14.3 Å². The molecule has 0 aliphatic heterocycles. The molecule has 3 nitrogen and oxygen atoms in total. The molecule has 1 unspecified atom stereocenters. The number of hydrogen-bond acceptors (Lipinski definition) is 3. The second-order valence-corrected chi connectivity index (χ2v) is 4.09. The standard InChI is InChI=1S/C13H14O3/c1-8(16-9(2)14)10-3-5-12-11(7-10)4-6-13(12)15/h3,5,7-8H,4,6H2,1-2H3. The summed E-state index contributed by atoms with van der Waals surface area (Å²) in [5.74, 6) is -0.0780. The van der Waals surface area contributed by atoms with E-state index in [1.807, 2.05) is 25.1 Å². The SMILES string of the molecule is CC(=O)OC(C)c1ccc2c(c1)CCC2=O. The van der Waals surface area contributed by atoms with Gasteiger partial charge in [0.05, 0.1) is 0 Å². The normalized spacial score (nSPS) is 15.8. The Morgan fingerprint density at radius 1 is 1.38 bits per heavy atom. The molecule has 0 spiro atoms. The summed E-state index contributed by atoms with van der Waals surface area (Å²) in [6, 6.07) is 5.66. The Balaban J connectivity index is 2.25. The van der Waals surface area contributed by atoms with E-state index >= 15 is 0 Å². The average Bonchev–Trinajstić information content (AvgIpc) is 2.59. The van der Waals surface area contributed by atoms with Crippen LogP contribution in [0, 0.1) is 0 Å². The lowest BCUT2D eigenvalue weighted by molar-refractivity contribution is -0.145. The van der Waals surface area contributed by atoms with Crippen LogP contribution in [0.4, 0.5) is 0 Å². The van der Waals surface area contributed by atoms with Gasteiger partial charge in [-0.3, -0.25) is 9.59 Å². The van der Waals surface area contributed by atoms with Crippen molar-refractivity contribution in [2.45, 2.75) is 32.8 Å². The number of rotatable bonds is 2. The van der Waals surface area contributed by atoms with Gasteiger partial charge in [0.2, 0.25) is 0 Å². The second kappa shape index (κ2) is 4.08. The summed E-state index contributed by atoms with van der Waals surface area (Å²) in [6.07, 6.45) is 1.15. The predicted molar refractivity (Wildman–Crippen MR) is 59.3 cm³/mol. The highest BCUT2D eigenvalue weighted by Crippen LogP contribution is 2.26. The number of carbonyl (C=O) groups is 2. The lowest BCUT2D eigenvalue weighted by Crippen LogP contribution is -2.05. The molecule has 0 radical (unpaired) electrons. The van der Waals surface area contributed by atoms with E-state index in [4.69, 9.17) is 4.74 Å². The molecule has 16 heavy (non-hydrogen) atoms. The molecule has 0 saturated carbocycles. The Morgan fingerprint density at radius 3 is 2.81 bits per heavy atom. The summed E-state index contributed by atoms with van der Waals surface area (Å²) < 4.78 is 5.10. The molecule has 3 heteroatoms. The number of carbonyl (C=O) groups excluding carboxylic acids is 2. The average molecular weight is 218 g/mol. The van der Waals surface area contributed by atoms with Crippen LogP contribution in [0.3, 0.4) is 0 Å². The third-order valence-corrected chi connectivity index (χ3v) is 2.86. The van der Waals surface area contributed by atoms with E-state index < -0.39 is 0 Å². The number of esters is 1.